The van der Waals surface area contributed by atoms with E-state index in [2.05, 4.69) is 5.32 Å². The first-order chi connectivity index (χ1) is 8.08. The molecule has 0 aliphatic carbocycles. The normalized spacial score (nSPS) is 24.1. The summed E-state index contributed by atoms with van der Waals surface area (Å²) in [5.41, 5.74) is 0.875. The molecule has 0 spiro atoms. The molecule has 2 unspecified atom stereocenters. The van der Waals surface area contributed by atoms with E-state index in [9.17, 15) is 9.59 Å². The lowest BCUT2D eigenvalue weighted by atomic mass is 9.90. The van der Waals surface area contributed by atoms with Crippen molar-refractivity contribution in [2.24, 2.45) is 5.92 Å². The Morgan fingerprint density at radius 2 is 1.88 bits per heavy atom. The van der Waals surface area contributed by atoms with Crippen LogP contribution in [-0.2, 0) is 9.59 Å². The second-order valence-electron chi connectivity index (χ2n) is 4.12. The Labute approximate surface area is 98.1 Å². The molecule has 2 rings (SSSR count). The smallest absolute Gasteiger partial charge is 0.316 e. The zero-order chi connectivity index (χ0) is 12.4. The van der Waals surface area contributed by atoms with Crippen molar-refractivity contribution in [2.45, 2.75) is 18.9 Å². The molecule has 0 saturated carbocycles. The molecule has 90 valence electrons. The molecular weight excluding hydrogens is 222 g/mol. The topological polar surface area (TPSA) is 86.6 Å². The van der Waals surface area contributed by atoms with Crippen LogP contribution < -0.4 is 5.32 Å². The van der Waals surface area contributed by atoms with Crippen LogP contribution in [0.5, 0.6) is 5.75 Å². The number of carboxylic acids is 1. The number of carboxylic acid groups (broad SMARTS) is 1. The average molecular weight is 235 g/mol. The highest BCUT2D eigenvalue weighted by Crippen LogP contribution is 2.27. The van der Waals surface area contributed by atoms with Crippen LogP contribution >= 0.6 is 0 Å². The number of aliphatic carboxylic acids is 1. The fourth-order valence-corrected chi connectivity index (χ4v) is 2.00. The molecule has 3 N–H and O–H groups in total. The van der Waals surface area contributed by atoms with Crippen LogP contribution in [0.2, 0.25) is 0 Å². The second kappa shape index (κ2) is 4.45. The van der Waals surface area contributed by atoms with E-state index in [0.717, 1.165) is 5.56 Å². The largest absolute Gasteiger partial charge is 0.508 e. The van der Waals surface area contributed by atoms with Crippen molar-refractivity contribution in [3.8, 4) is 5.75 Å². The molecule has 1 amide bonds. The van der Waals surface area contributed by atoms with Crippen LogP contribution in [0.1, 0.15) is 24.4 Å². The molecule has 0 radical (unpaired) electrons. The van der Waals surface area contributed by atoms with Crippen LogP contribution in [-0.4, -0.2) is 22.1 Å². The molecule has 1 aliphatic rings. The first-order valence-corrected chi connectivity index (χ1v) is 5.40. The molecule has 2 atom stereocenters. The predicted octanol–water partition coefficient (Wildman–Crippen LogP) is 1.04. The van der Waals surface area contributed by atoms with Gasteiger partial charge in [0.2, 0.25) is 5.91 Å². The van der Waals surface area contributed by atoms with Gasteiger partial charge in [0.25, 0.3) is 0 Å². The van der Waals surface area contributed by atoms with Gasteiger partial charge in [-0.3, -0.25) is 9.59 Å². The molecule has 17 heavy (non-hydrogen) atoms. The quantitative estimate of drug-likeness (QED) is 0.668. The Kier molecular flexibility index (Phi) is 2.99. The second-order valence-corrected chi connectivity index (χ2v) is 4.12. The summed E-state index contributed by atoms with van der Waals surface area (Å²) in [5, 5.41) is 20.6. The standard InChI is InChI=1S/C12H13NO4/c14-8-3-1-7(2-4-8)10-6-5-9(12(16)17)11(15)13-10/h1-4,9-10,14H,5-6H2,(H,13,15)(H,16,17). The summed E-state index contributed by atoms with van der Waals surface area (Å²) in [6, 6.07) is 6.37. The van der Waals surface area contributed by atoms with E-state index in [1.54, 1.807) is 24.3 Å². The van der Waals surface area contributed by atoms with Gasteiger partial charge in [-0.05, 0) is 30.5 Å². The maximum atomic E-state index is 11.5. The molecule has 1 heterocycles. The highest BCUT2D eigenvalue weighted by molar-refractivity contribution is 5.97. The molecule has 1 aliphatic heterocycles. The molecular formula is C12H13NO4. The summed E-state index contributed by atoms with van der Waals surface area (Å²) in [7, 11) is 0. The molecule has 5 nitrogen and oxygen atoms in total. The number of phenols is 1. The molecule has 1 saturated heterocycles. The lowest BCUT2D eigenvalue weighted by molar-refractivity contribution is -0.148. The Hall–Kier alpha value is -2.04. The van der Waals surface area contributed by atoms with Crippen LogP contribution in [0.15, 0.2) is 24.3 Å². The van der Waals surface area contributed by atoms with Crippen molar-refractivity contribution in [3.63, 3.8) is 0 Å². The number of amides is 1. The third-order valence-electron chi connectivity index (χ3n) is 2.97. The molecule has 1 fully saturated rings. The Morgan fingerprint density at radius 1 is 1.24 bits per heavy atom. The van der Waals surface area contributed by atoms with Crippen molar-refractivity contribution in [1.82, 2.24) is 5.32 Å². The van der Waals surface area contributed by atoms with E-state index in [-0.39, 0.29) is 11.8 Å². The highest BCUT2D eigenvalue weighted by atomic mass is 16.4. The summed E-state index contributed by atoms with van der Waals surface area (Å²) in [4.78, 5) is 22.3. The van der Waals surface area contributed by atoms with Crippen LogP contribution in [0, 0.1) is 5.92 Å². The van der Waals surface area contributed by atoms with Crippen LogP contribution in [0.3, 0.4) is 0 Å². The number of aromatic hydroxyl groups is 1. The Morgan fingerprint density at radius 3 is 2.41 bits per heavy atom. The maximum Gasteiger partial charge on any atom is 0.316 e. The monoisotopic (exact) mass is 235 g/mol. The third-order valence-corrected chi connectivity index (χ3v) is 2.97. The number of carbonyl (C=O) groups is 2. The first kappa shape index (κ1) is 11.4. The zero-order valence-electron chi connectivity index (χ0n) is 9.09. The molecule has 1 aromatic carbocycles. The summed E-state index contributed by atoms with van der Waals surface area (Å²) < 4.78 is 0. The number of benzene rings is 1. The van der Waals surface area contributed by atoms with E-state index in [0.29, 0.717) is 12.8 Å². The summed E-state index contributed by atoms with van der Waals surface area (Å²) >= 11 is 0. The minimum absolute atomic E-state index is 0.166. The number of hydrogen-bond donors (Lipinski definition) is 3. The van der Waals surface area contributed by atoms with Gasteiger partial charge in [-0.1, -0.05) is 12.1 Å². The lowest BCUT2D eigenvalue weighted by Gasteiger charge is -2.27. The van der Waals surface area contributed by atoms with Gasteiger partial charge in [0, 0.05) is 0 Å². The number of piperidine rings is 1. The molecule has 1 aromatic rings. The van der Waals surface area contributed by atoms with E-state index in [1.807, 2.05) is 0 Å². The Balaban J connectivity index is 2.09. The fraction of sp³-hybridized carbons (Fsp3) is 0.333. The van der Waals surface area contributed by atoms with Gasteiger partial charge in [-0.25, -0.2) is 0 Å². The van der Waals surface area contributed by atoms with Crippen molar-refractivity contribution in [3.05, 3.63) is 29.8 Å². The number of hydrogen-bond acceptors (Lipinski definition) is 3. The number of nitrogens with one attached hydrogen (secondary N) is 1. The minimum atomic E-state index is -1.08. The number of phenolic OH excluding ortho intramolecular Hbond substituents is 1. The van der Waals surface area contributed by atoms with Crippen LogP contribution in [0.4, 0.5) is 0 Å². The van der Waals surface area contributed by atoms with Crippen molar-refractivity contribution in [2.75, 3.05) is 0 Å². The zero-order valence-corrected chi connectivity index (χ0v) is 9.09. The van der Waals surface area contributed by atoms with E-state index < -0.39 is 17.8 Å². The molecule has 5 heteroatoms. The van der Waals surface area contributed by atoms with Crippen molar-refractivity contribution in [1.29, 1.82) is 0 Å². The number of rotatable bonds is 2. The predicted molar refractivity (Wildman–Crippen MR) is 59.4 cm³/mol. The SMILES string of the molecule is O=C(O)C1CCC(c2ccc(O)cc2)NC1=O. The van der Waals surface area contributed by atoms with Gasteiger partial charge >= 0.3 is 5.97 Å². The lowest BCUT2D eigenvalue weighted by Crippen LogP contribution is -2.42. The number of carbonyl (C=O) groups excluding carboxylic acids is 1. The maximum absolute atomic E-state index is 11.5. The summed E-state index contributed by atoms with van der Waals surface area (Å²) in [5.74, 6) is -2.30. The van der Waals surface area contributed by atoms with Crippen LogP contribution in [0.25, 0.3) is 0 Å². The van der Waals surface area contributed by atoms with Crippen molar-refractivity contribution >= 4 is 11.9 Å². The molecule has 0 aromatic heterocycles. The van der Waals surface area contributed by atoms with Gasteiger partial charge in [0.15, 0.2) is 0 Å². The van der Waals surface area contributed by atoms with Gasteiger partial charge in [0.05, 0.1) is 6.04 Å². The van der Waals surface area contributed by atoms with Gasteiger partial charge < -0.3 is 15.5 Å². The summed E-state index contributed by atoms with van der Waals surface area (Å²) in [6.45, 7) is 0. The van der Waals surface area contributed by atoms with E-state index in [4.69, 9.17) is 10.2 Å². The summed E-state index contributed by atoms with van der Waals surface area (Å²) in [6.07, 6.45) is 0.931. The average Bonchev–Trinajstić information content (AvgIpc) is 2.29. The fourth-order valence-electron chi connectivity index (χ4n) is 2.00. The minimum Gasteiger partial charge on any atom is -0.508 e. The van der Waals surface area contributed by atoms with Crippen molar-refractivity contribution < 1.29 is 19.8 Å². The van der Waals surface area contributed by atoms with Gasteiger partial charge in [0.1, 0.15) is 11.7 Å². The highest BCUT2D eigenvalue weighted by Gasteiger charge is 2.33. The molecule has 0 bridgehead atoms. The van der Waals surface area contributed by atoms with E-state index in [1.165, 1.54) is 0 Å². The van der Waals surface area contributed by atoms with Gasteiger partial charge in [-0.15, -0.1) is 0 Å². The third kappa shape index (κ3) is 2.38. The first-order valence-electron chi connectivity index (χ1n) is 5.40. The van der Waals surface area contributed by atoms with Gasteiger partial charge in [-0.2, -0.15) is 0 Å². The Bertz CT molecular complexity index is 440. The van der Waals surface area contributed by atoms with E-state index >= 15 is 0 Å².